The third kappa shape index (κ3) is 4.46. The molecule has 0 saturated heterocycles. The minimum atomic E-state index is -0.399. The number of benzene rings is 2. The predicted octanol–water partition coefficient (Wildman–Crippen LogP) is 4.23. The van der Waals surface area contributed by atoms with E-state index in [-0.39, 0.29) is 11.7 Å². The van der Waals surface area contributed by atoms with Crippen LogP contribution in [0.15, 0.2) is 62.6 Å². The molecule has 5 nitrogen and oxygen atoms in total. The van der Waals surface area contributed by atoms with Crippen LogP contribution in [0.2, 0.25) is 0 Å². The highest BCUT2D eigenvalue weighted by atomic mass is 32.2. The summed E-state index contributed by atoms with van der Waals surface area (Å²) in [4.78, 5) is 24.7. The molecule has 1 aromatic heterocycles. The Morgan fingerprint density at radius 3 is 2.65 bits per heavy atom. The number of hydrogen-bond acceptors (Lipinski definition) is 5. The normalized spacial score (nSPS) is 10.7. The van der Waals surface area contributed by atoms with E-state index in [9.17, 15) is 9.59 Å². The fourth-order valence-corrected chi connectivity index (χ4v) is 3.25. The maximum atomic E-state index is 12.2. The molecule has 1 amide bonds. The molecule has 0 aliphatic rings. The Morgan fingerprint density at radius 1 is 1.15 bits per heavy atom. The Kier molecular flexibility index (Phi) is 5.63. The number of rotatable bonds is 6. The summed E-state index contributed by atoms with van der Waals surface area (Å²) in [6.45, 7) is 4.41. The van der Waals surface area contributed by atoms with Crippen molar-refractivity contribution in [2.45, 2.75) is 18.7 Å². The predicted molar refractivity (Wildman–Crippen MR) is 104 cm³/mol. The molecule has 0 unspecified atom stereocenters. The van der Waals surface area contributed by atoms with Gasteiger partial charge in [-0.15, -0.1) is 11.8 Å². The van der Waals surface area contributed by atoms with E-state index in [0.717, 1.165) is 21.6 Å². The largest absolute Gasteiger partial charge is 0.494 e. The first kappa shape index (κ1) is 18.1. The van der Waals surface area contributed by atoms with Crippen LogP contribution in [-0.4, -0.2) is 18.3 Å². The van der Waals surface area contributed by atoms with Gasteiger partial charge < -0.3 is 14.5 Å². The van der Waals surface area contributed by atoms with Gasteiger partial charge in [-0.3, -0.25) is 4.79 Å². The number of amides is 1. The lowest BCUT2D eigenvalue weighted by Gasteiger charge is -2.07. The average Bonchev–Trinajstić information content (AvgIpc) is 2.61. The summed E-state index contributed by atoms with van der Waals surface area (Å²) in [6.07, 6.45) is 0. The van der Waals surface area contributed by atoms with Crippen molar-refractivity contribution in [3.8, 4) is 5.75 Å². The zero-order valence-electron chi connectivity index (χ0n) is 14.6. The molecule has 0 bridgehead atoms. The second-order valence-electron chi connectivity index (χ2n) is 5.70. The van der Waals surface area contributed by atoms with Crippen LogP contribution in [0.3, 0.4) is 0 Å². The van der Waals surface area contributed by atoms with Crippen LogP contribution in [0.1, 0.15) is 12.5 Å². The van der Waals surface area contributed by atoms with Crippen LogP contribution in [0.5, 0.6) is 5.75 Å². The molecule has 2 aromatic carbocycles. The Labute approximate surface area is 155 Å². The highest BCUT2D eigenvalue weighted by molar-refractivity contribution is 8.00. The first-order chi connectivity index (χ1) is 12.5. The lowest BCUT2D eigenvalue weighted by molar-refractivity contribution is -0.113. The summed E-state index contributed by atoms with van der Waals surface area (Å²) < 4.78 is 10.6. The van der Waals surface area contributed by atoms with Gasteiger partial charge in [0.15, 0.2) is 0 Å². The molecule has 3 aromatic rings. The third-order valence-electron chi connectivity index (χ3n) is 3.74. The Morgan fingerprint density at radius 2 is 1.92 bits per heavy atom. The van der Waals surface area contributed by atoms with E-state index in [1.807, 2.05) is 44.2 Å². The molecule has 134 valence electrons. The lowest BCUT2D eigenvalue weighted by Crippen LogP contribution is -2.14. The second-order valence-corrected chi connectivity index (χ2v) is 6.75. The summed E-state index contributed by atoms with van der Waals surface area (Å²) in [5.41, 5.74) is 1.51. The number of fused-ring (bicyclic) bond motifs is 1. The van der Waals surface area contributed by atoms with Crippen molar-refractivity contribution in [3.05, 3.63) is 64.5 Å². The van der Waals surface area contributed by atoms with Gasteiger partial charge in [-0.2, -0.15) is 0 Å². The van der Waals surface area contributed by atoms with Gasteiger partial charge in [0, 0.05) is 28.1 Å². The zero-order chi connectivity index (χ0) is 18.5. The number of thioether (sulfide) groups is 1. The summed E-state index contributed by atoms with van der Waals surface area (Å²) in [5, 5.41) is 3.68. The van der Waals surface area contributed by atoms with Crippen molar-refractivity contribution in [2.75, 3.05) is 17.7 Å². The maximum Gasteiger partial charge on any atom is 0.336 e. The number of carbonyl (C=O) groups is 1. The number of anilines is 1. The molecule has 0 aliphatic heterocycles. The molecule has 0 aliphatic carbocycles. The molecule has 0 radical (unpaired) electrons. The molecule has 1 heterocycles. The van der Waals surface area contributed by atoms with Crippen molar-refractivity contribution >= 4 is 34.3 Å². The zero-order valence-corrected chi connectivity index (χ0v) is 15.4. The van der Waals surface area contributed by atoms with Crippen molar-refractivity contribution in [3.63, 3.8) is 0 Å². The van der Waals surface area contributed by atoms with Crippen molar-refractivity contribution in [1.82, 2.24) is 0 Å². The number of ether oxygens (including phenoxy) is 1. The van der Waals surface area contributed by atoms with Gasteiger partial charge in [0.2, 0.25) is 5.91 Å². The molecule has 1 N–H and O–H groups in total. The smallest absolute Gasteiger partial charge is 0.336 e. The van der Waals surface area contributed by atoms with Crippen LogP contribution in [0.4, 0.5) is 5.69 Å². The molecular weight excluding hydrogens is 350 g/mol. The topological polar surface area (TPSA) is 68.5 Å². The average molecular weight is 369 g/mol. The summed E-state index contributed by atoms with van der Waals surface area (Å²) >= 11 is 1.44. The van der Waals surface area contributed by atoms with E-state index in [1.54, 1.807) is 12.1 Å². The van der Waals surface area contributed by atoms with Gasteiger partial charge >= 0.3 is 5.63 Å². The first-order valence-electron chi connectivity index (χ1n) is 8.25. The van der Waals surface area contributed by atoms with E-state index < -0.39 is 5.63 Å². The SMILES string of the molecule is CCOc1ccc(SCC(=O)Nc2ccc3c(C)cc(=O)oc3c2)cc1. The van der Waals surface area contributed by atoms with Gasteiger partial charge in [-0.25, -0.2) is 4.79 Å². The quantitative estimate of drug-likeness (QED) is 0.520. The van der Waals surface area contributed by atoms with E-state index >= 15 is 0 Å². The molecule has 0 atom stereocenters. The molecular formula is C20H19NO4S. The number of hydrogen-bond donors (Lipinski definition) is 1. The van der Waals surface area contributed by atoms with E-state index in [1.165, 1.54) is 17.8 Å². The number of carbonyl (C=O) groups excluding carboxylic acids is 1. The van der Waals surface area contributed by atoms with Crippen LogP contribution >= 0.6 is 11.8 Å². The van der Waals surface area contributed by atoms with Gasteiger partial charge in [0.25, 0.3) is 0 Å². The van der Waals surface area contributed by atoms with Crippen LogP contribution < -0.4 is 15.7 Å². The monoisotopic (exact) mass is 369 g/mol. The van der Waals surface area contributed by atoms with Crippen LogP contribution in [0.25, 0.3) is 11.0 Å². The van der Waals surface area contributed by atoms with Gasteiger partial charge in [0.05, 0.1) is 12.4 Å². The Balaban J connectivity index is 1.62. The molecule has 0 fully saturated rings. The minimum absolute atomic E-state index is 0.127. The van der Waals surface area contributed by atoms with E-state index in [0.29, 0.717) is 17.9 Å². The van der Waals surface area contributed by atoms with Gasteiger partial charge in [-0.05, 0) is 55.8 Å². The summed E-state index contributed by atoms with van der Waals surface area (Å²) in [7, 11) is 0. The van der Waals surface area contributed by atoms with Gasteiger partial charge in [0.1, 0.15) is 11.3 Å². The fourth-order valence-electron chi connectivity index (χ4n) is 2.55. The summed E-state index contributed by atoms with van der Waals surface area (Å²) in [5.74, 6) is 0.969. The van der Waals surface area contributed by atoms with Gasteiger partial charge in [-0.1, -0.05) is 0 Å². The van der Waals surface area contributed by atoms with Crippen molar-refractivity contribution in [2.24, 2.45) is 0 Å². The summed E-state index contributed by atoms with van der Waals surface area (Å²) in [6, 6.07) is 14.4. The highest BCUT2D eigenvalue weighted by Crippen LogP contribution is 2.23. The number of nitrogens with one attached hydrogen (secondary N) is 1. The second kappa shape index (κ2) is 8.10. The first-order valence-corrected chi connectivity index (χ1v) is 9.24. The van der Waals surface area contributed by atoms with E-state index in [4.69, 9.17) is 9.15 Å². The molecule has 6 heteroatoms. The minimum Gasteiger partial charge on any atom is -0.494 e. The van der Waals surface area contributed by atoms with E-state index in [2.05, 4.69) is 5.32 Å². The standard InChI is InChI=1S/C20H19NO4S/c1-3-24-15-5-7-16(8-6-15)26-12-19(22)21-14-4-9-17-13(2)10-20(23)25-18(17)11-14/h4-11H,3,12H2,1-2H3,(H,21,22). The fraction of sp³-hybridized carbons (Fsp3) is 0.200. The lowest BCUT2D eigenvalue weighted by atomic mass is 10.1. The maximum absolute atomic E-state index is 12.2. The van der Waals surface area contributed by atoms with Crippen LogP contribution in [-0.2, 0) is 4.79 Å². The molecule has 0 spiro atoms. The molecule has 26 heavy (non-hydrogen) atoms. The Hall–Kier alpha value is -2.73. The number of aryl methyl sites for hydroxylation is 1. The highest BCUT2D eigenvalue weighted by Gasteiger charge is 2.07. The Bertz CT molecular complexity index is 979. The van der Waals surface area contributed by atoms with Crippen molar-refractivity contribution in [1.29, 1.82) is 0 Å². The molecule has 3 rings (SSSR count). The molecule has 0 saturated carbocycles. The third-order valence-corrected chi connectivity index (χ3v) is 4.75. The van der Waals surface area contributed by atoms with Crippen LogP contribution in [0, 0.1) is 6.92 Å². The van der Waals surface area contributed by atoms with Crippen molar-refractivity contribution < 1.29 is 13.9 Å².